The van der Waals surface area contributed by atoms with Gasteiger partial charge in [-0.1, -0.05) is 40.9 Å². The predicted octanol–water partition coefficient (Wildman–Crippen LogP) is 5.60. The number of aryl methyl sites for hydroxylation is 1. The molecule has 3 N–H and O–H groups in total. The lowest BCUT2D eigenvalue weighted by molar-refractivity contribution is -0.114. The second-order valence-electron chi connectivity index (χ2n) is 6.46. The highest BCUT2D eigenvalue weighted by molar-refractivity contribution is 6.35. The van der Waals surface area contributed by atoms with E-state index < -0.39 is 0 Å². The highest BCUT2D eigenvalue weighted by Gasteiger charge is 2.07. The van der Waals surface area contributed by atoms with Crippen LogP contribution in [0.25, 0.3) is 0 Å². The fourth-order valence-corrected chi connectivity index (χ4v) is 3.20. The van der Waals surface area contributed by atoms with Crippen LogP contribution < -0.4 is 16.0 Å². The van der Waals surface area contributed by atoms with Crippen LogP contribution in [0.15, 0.2) is 66.7 Å². The maximum absolute atomic E-state index is 12.3. The lowest BCUT2D eigenvalue weighted by atomic mass is 10.1. The van der Waals surface area contributed by atoms with Gasteiger partial charge in [0.2, 0.25) is 5.91 Å². The summed E-state index contributed by atoms with van der Waals surface area (Å²) in [5.41, 5.74) is 3.57. The minimum atomic E-state index is -0.236. The Balaban J connectivity index is 1.52. The van der Waals surface area contributed by atoms with Crippen LogP contribution in [0, 0.1) is 6.92 Å². The summed E-state index contributed by atoms with van der Waals surface area (Å²) in [6, 6.07) is 19.3. The number of amides is 2. The summed E-state index contributed by atoms with van der Waals surface area (Å²) >= 11 is 11.8. The summed E-state index contributed by atoms with van der Waals surface area (Å²) in [5, 5.41) is 9.50. The van der Waals surface area contributed by atoms with Crippen molar-refractivity contribution < 1.29 is 9.59 Å². The normalized spacial score (nSPS) is 10.3. The summed E-state index contributed by atoms with van der Waals surface area (Å²) in [5.74, 6) is -0.408. The molecule has 3 aromatic rings. The zero-order valence-corrected chi connectivity index (χ0v) is 17.1. The molecule has 0 saturated carbocycles. The zero-order chi connectivity index (χ0) is 20.8. The first-order valence-corrected chi connectivity index (χ1v) is 9.62. The molecule has 0 aliphatic carbocycles. The first kappa shape index (κ1) is 20.7. The Hall–Kier alpha value is -3.02. The molecule has 0 fully saturated rings. The lowest BCUT2D eigenvalue weighted by Crippen LogP contribution is -2.21. The van der Waals surface area contributed by atoms with Crippen molar-refractivity contribution in [1.29, 1.82) is 0 Å². The maximum Gasteiger partial charge on any atom is 0.255 e. The Morgan fingerprint density at radius 2 is 1.45 bits per heavy atom. The van der Waals surface area contributed by atoms with Crippen molar-refractivity contribution in [3.63, 3.8) is 0 Å². The molecule has 3 aromatic carbocycles. The van der Waals surface area contributed by atoms with Crippen molar-refractivity contribution in [2.75, 3.05) is 22.5 Å². The topological polar surface area (TPSA) is 70.2 Å². The highest BCUT2D eigenvalue weighted by Crippen LogP contribution is 2.22. The van der Waals surface area contributed by atoms with Crippen LogP contribution in [0.2, 0.25) is 10.0 Å². The number of hydrogen-bond acceptors (Lipinski definition) is 3. The van der Waals surface area contributed by atoms with E-state index in [0.29, 0.717) is 27.0 Å². The molecule has 148 valence electrons. The van der Waals surface area contributed by atoms with Gasteiger partial charge in [-0.05, 0) is 61.5 Å². The first-order chi connectivity index (χ1) is 13.9. The SMILES string of the molecule is Cc1cccc(C(=O)Nc2ccc(NCC(=O)Nc3cc(Cl)cc(Cl)c3)cc2)c1. The Bertz CT molecular complexity index is 1020. The van der Waals surface area contributed by atoms with Crippen LogP contribution in [0.3, 0.4) is 0 Å². The summed E-state index contributed by atoms with van der Waals surface area (Å²) in [7, 11) is 0. The van der Waals surface area contributed by atoms with E-state index in [9.17, 15) is 9.59 Å². The van der Waals surface area contributed by atoms with Gasteiger partial charge in [-0.3, -0.25) is 9.59 Å². The van der Waals surface area contributed by atoms with Gasteiger partial charge in [0.15, 0.2) is 0 Å². The van der Waals surface area contributed by atoms with Crippen molar-refractivity contribution in [1.82, 2.24) is 0 Å². The van der Waals surface area contributed by atoms with Crippen molar-refractivity contribution in [3.05, 3.63) is 87.9 Å². The molecule has 0 atom stereocenters. The molecule has 0 aliphatic heterocycles. The highest BCUT2D eigenvalue weighted by atomic mass is 35.5. The molecule has 0 radical (unpaired) electrons. The standard InChI is InChI=1S/C22H19Cl2N3O2/c1-14-3-2-4-15(9-14)22(29)27-19-7-5-18(6-8-19)25-13-21(28)26-20-11-16(23)10-17(24)12-20/h2-12,25H,13H2,1H3,(H,26,28)(H,27,29). The third-order valence-corrected chi connectivity index (χ3v) is 4.46. The molecule has 0 spiro atoms. The fraction of sp³-hybridized carbons (Fsp3) is 0.0909. The summed E-state index contributed by atoms with van der Waals surface area (Å²) in [6.45, 7) is 2.01. The molecule has 0 aromatic heterocycles. The molecule has 3 rings (SSSR count). The number of carbonyl (C=O) groups is 2. The first-order valence-electron chi connectivity index (χ1n) is 8.87. The third kappa shape index (κ3) is 6.24. The molecule has 7 heteroatoms. The van der Waals surface area contributed by atoms with Crippen LogP contribution >= 0.6 is 23.2 Å². The Kier molecular flexibility index (Phi) is 6.75. The van der Waals surface area contributed by atoms with Gasteiger partial charge in [0.1, 0.15) is 0 Å². The van der Waals surface area contributed by atoms with Crippen molar-refractivity contribution in [2.24, 2.45) is 0 Å². The van der Waals surface area contributed by atoms with Crippen molar-refractivity contribution in [2.45, 2.75) is 6.92 Å². The number of anilines is 3. The monoisotopic (exact) mass is 427 g/mol. The molecule has 29 heavy (non-hydrogen) atoms. The quantitative estimate of drug-likeness (QED) is 0.478. The van der Waals surface area contributed by atoms with Gasteiger partial charge in [-0.2, -0.15) is 0 Å². The van der Waals surface area contributed by atoms with Gasteiger partial charge >= 0.3 is 0 Å². The minimum Gasteiger partial charge on any atom is -0.376 e. The summed E-state index contributed by atoms with van der Waals surface area (Å²) in [6.07, 6.45) is 0. The van der Waals surface area contributed by atoms with Crippen LogP contribution in [0.1, 0.15) is 15.9 Å². The van der Waals surface area contributed by atoms with Gasteiger partial charge < -0.3 is 16.0 Å². The molecule has 0 aliphatic rings. The average Bonchev–Trinajstić information content (AvgIpc) is 2.66. The van der Waals surface area contributed by atoms with Crippen LogP contribution in [0.4, 0.5) is 17.1 Å². The smallest absolute Gasteiger partial charge is 0.255 e. The zero-order valence-electron chi connectivity index (χ0n) is 15.6. The van der Waals surface area contributed by atoms with Crippen molar-refractivity contribution in [3.8, 4) is 0 Å². The van der Waals surface area contributed by atoms with Gasteiger partial charge in [-0.25, -0.2) is 0 Å². The Morgan fingerprint density at radius 1 is 0.793 bits per heavy atom. The lowest BCUT2D eigenvalue weighted by Gasteiger charge is -2.10. The molecule has 0 unspecified atom stereocenters. The number of benzene rings is 3. The molecule has 0 bridgehead atoms. The van der Waals surface area contributed by atoms with E-state index >= 15 is 0 Å². The molecule has 0 saturated heterocycles. The third-order valence-electron chi connectivity index (χ3n) is 4.02. The van der Waals surface area contributed by atoms with E-state index in [1.54, 1.807) is 48.5 Å². The van der Waals surface area contributed by atoms with Crippen LogP contribution in [0.5, 0.6) is 0 Å². The Labute approximate surface area is 179 Å². The van der Waals surface area contributed by atoms with E-state index in [-0.39, 0.29) is 18.4 Å². The van der Waals surface area contributed by atoms with E-state index in [2.05, 4.69) is 16.0 Å². The van der Waals surface area contributed by atoms with Crippen molar-refractivity contribution >= 4 is 52.1 Å². The number of halogens is 2. The molecular weight excluding hydrogens is 409 g/mol. The van der Waals surface area contributed by atoms with Gasteiger partial charge in [-0.15, -0.1) is 0 Å². The van der Waals surface area contributed by atoms with E-state index in [1.165, 1.54) is 0 Å². The largest absolute Gasteiger partial charge is 0.376 e. The van der Waals surface area contributed by atoms with Gasteiger partial charge in [0, 0.05) is 32.7 Å². The van der Waals surface area contributed by atoms with E-state index in [1.807, 2.05) is 25.1 Å². The Morgan fingerprint density at radius 3 is 2.10 bits per heavy atom. The predicted molar refractivity (Wildman–Crippen MR) is 119 cm³/mol. The number of hydrogen-bond donors (Lipinski definition) is 3. The molecular formula is C22H19Cl2N3O2. The average molecular weight is 428 g/mol. The molecule has 5 nitrogen and oxygen atoms in total. The summed E-state index contributed by atoms with van der Waals surface area (Å²) in [4.78, 5) is 24.4. The number of nitrogens with one attached hydrogen (secondary N) is 3. The molecule has 0 heterocycles. The molecule has 2 amide bonds. The second-order valence-corrected chi connectivity index (χ2v) is 7.33. The fourth-order valence-electron chi connectivity index (χ4n) is 2.67. The van der Waals surface area contributed by atoms with Gasteiger partial charge in [0.05, 0.1) is 6.54 Å². The van der Waals surface area contributed by atoms with E-state index in [0.717, 1.165) is 11.3 Å². The maximum atomic E-state index is 12.3. The van der Waals surface area contributed by atoms with Crippen LogP contribution in [-0.4, -0.2) is 18.4 Å². The van der Waals surface area contributed by atoms with Crippen LogP contribution in [-0.2, 0) is 4.79 Å². The second kappa shape index (κ2) is 9.45. The minimum absolute atomic E-state index is 0.0686. The number of carbonyl (C=O) groups excluding carboxylic acids is 2. The summed E-state index contributed by atoms with van der Waals surface area (Å²) < 4.78 is 0. The number of rotatable bonds is 6. The van der Waals surface area contributed by atoms with Gasteiger partial charge in [0.25, 0.3) is 5.91 Å². The van der Waals surface area contributed by atoms with E-state index in [4.69, 9.17) is 23.2 Å².